The number of hydrogen-bond acceptors (Lipinski definition) is 8. The normalized spacial score (nSPS) is 12.5. The Bertz CT molecular complexity index is 1320. The Balaban J connectivity index is 1.91. The zero-order valence-electron chi connectivity index (χ0n) is 26.2. The van der Waals surface area contributed by atoms with E-state index < -0.39 is 33.7 Å². The highest BCUT2D eigenvalue weighted by atomic mass is 32.2. The lowest BCUT2D eigenvalue weighted by Gasteiger charge is -2.19. The van der Waals surface area contributed by atoms with Crippen LogP contribution in [0.4, 0.5) is 4.79 Å². The molecule has 0 aromatic heterocycles. The van der Waals surface area contributed by atoms with Crippen LogP contribution in [0.5, 0.6) is 11.5 Å². The molecule has 0 saturated carbocycles. The second kappa shape index (κ2) is 18.9. The Kier molecular flexibility index (Phi) is 15.6. The summed E-state index contributed by atoms with van der Waals surface area (Å²) >= 11 is 0. The molecule has 2 aromatic rings. The van der Waals surface area contributed by atoms with Crippen LogP contribution in [-0.2, 0) is 30.8 Å². The number of amides is 1. The number of allylic oxidation sites excluding steroid dienone is 1. The van der Waals surface area contributed by atoms with Crippen molar-refractivity contribution in [3.05, 3.63) is 65.7 Å². The van der Waals surface area contributed by atoms with Gasteiger partial charge in [0, 0.05) is 12.1 Å². The average Bonchev–Trinajstić information content (AvgIpc) is 2.96. The molecule has 0 unspecified atom stereocenters. The van der Waals surface area contributed by atoms with E-state index in [9.17, 15) is 22.8 Å². The number of ether oxygens (including phenoxy) is 3. The van der Waals surface area contributed by atoms with Crippen LogP contribution >= 0.6 is 0 Å². The first-order valence-corrected chi connectivity index (χ1v) is 16.7. The van der Waals surface area contributed by atoms with Crippen LogP contribution < -0.4 is 19.5 Å². The molecule has 0 aliphatic heterocycles. The fourth-order valence-electron chi connectivity index (χ4n) is 4.05. The zero-order valence-corrected chi connectivity index (χ0v) is 27.0. The fourth-order valence-corrected chi connectivity index (χ4v) is 5.45. The van der Waals surface area contributed by atoms with Crippen LogP contribution in [0.15, 0.2) is 54.6 Å². The molecule has 0 spiro atoms. The number of alkyl carbamates (subject to hydrolysis) is 1. The molecule has 11 heteroatoms. The predicted molar refractivity (Wildman–Crippen MR) is 171 cm³/mol. The maximum Gasteiger partial charge on any atom is 0.407 e. The molecule has 0 fully saturated rings. The number of nitrogens with one attached hydrogen (secondary N) is 2. The number of hydrogen-bond donors (Lipinski definition) is 2. The van der Waals surface area contributed by atoms with Gasteiger partial charge in [-0.15, -0.1) is 0 Å². The first-order chi connectivity index (χ1) is 20.9. The fraction of sp³-hybridized carbons (Fsp3) is 0.485. The third kappa shape index (κ3) is 15.2. The van der Waals surface area contributed by atoms with E-state index in [0.29, 0.717) is 43.6 Å². The summed E-state index contributed by atoms with van der Waals surface area (Å²) in [6, 6.07) is 12.7. The number of carbonyl (C=O) groups is 3. The molecule has 0 radical (unpaired) electrons. The van der Waals surface area contributed by atoms with E-state index in [0.717, 1.165) is 31.2 Å². The van der Waals surface area contributed by atoms with E-state index in [1.54, 1.807) is 48.5 Å². The summed E-state index contributed by atoms with van der Waals surface area (Å²) in [7, 11) is -3.73. The van der Waals surface area contributed by atoms with Crippen LogP contribution in [-0.4, -0.2) is 57.3 Å². The lowest BCUT2D eigenvalue weighted by molar-refractivity contribution is -0.136. The highest BCUT2D eigenvalue weighted by Gasteiger charge is 2.27. The van der Waals surface area contributed by atoms with Crippen molar-refractivity contribution in [1.82, 2.24) is 10.0 Å². The number of aldehydes is 1. The Labute approximate surface area is 261 Å². The summed E-state index contributed by atoms with van der Waals surface area (Å²) in [5.74, 6) is 0.0350. The van der Waals surface area contributed by atoms with Crippen LogP contribution in [0.3, 0.4) is 0 Å². The highest BCUT2D eigenvalue weighted by molar-refractivity contribution is 7.89. The number of sulfonamides is 1. The maximum atomic E-state index is 13.2. The second-order valence-electron chi connectivity index (χ2n) is 11.3. The van der Waals surface area contributed by atoms with Crippen molar-refractivity contribution in [3.8, 4) is 11.5 Å². The smallest absolute Gasteiger partial charge is 0.407 e. The minimum absolute atomic E-state index is 0.0775. The average molecular weight is 631 g/mol. The first kappa shape index (κ1) is 36.5. The molecule has 2 N–H and O–H groups in total. The molecule has 0 aliphatic carbocycles. The highest BCUT2D eigenvalue weighted by Crippen LogP contribution is 2.21. The van der Waals surface area contributed by atoms with Gasteiger partial charge in [0.15, 0.2) is 0 Å². The van der Waals surface area contributed by atoms with Crippen molar-refractivity contribution in [2.24, 2.45) is 0 Å². The molecule has 2 aromatic carbocycles. The van der Waals surface area contributed by atoms with Crippen LogP contribution in [0.1, 0.15) is 77.3 Å². The molecule has 1 amide bonds. The van der Waals surface area contributed by atoms with E-state index in [1.165, 1.54) is 12.2 Å². The van der Waals surface area contributed by atoms with Crippen molar-refractivity contribution in [3.63, 3.8) is 0 Å². The van der Waals surface area contributed by atoms with E-state index >= 15 is 0 Å². The van der Waals surface area contributed by atoms with Gasteiger partial charge in [-0.2, -0.15) is 0 Å². The number of esters is 1. The maximum absolute atomic E-state index is 13.2. The minimum Gasteiger partial charge on any atom is -0.494 e. The van der Waals surface area contributed by atoms with Gasteiger partial charge in [0.2, 0.25) is 10.0 Å². The van der Waals surface area contributed by atoms with Gasteiger partial charge < -0.3 is 19.5 Å². The lowest BCUT2D eigenvalue weighted by atomic mass is 10.1. The first-order valence-electron chi connectivity index (χ1n) is 15.0. The van der Waals surface area contributed by atoms with E-state index in [4.69, 9.17) is 14.2 Å². The number of rotatable bonds is 19. The van der Waals surface area contributed by atoms with Gasteiger partial charge in [0.05, 0.1) is 12.4 Å². The van der Waals surface area contributed by atoms with Crippen molar-refractivity contribution in [2.75, 3.05) is 18.9 Å². The zero-order chi connectivity index (χ0) is 32.4. The predicted octanol–water partition coefficient (Wildman–Crippen LogP) is 5.60. The number of para-hydroxylation sites is 1. The summed E-state index contributed by atoms with van der Waals surface area (Å²) in [5.41, 5.74) is 0.728. The third-order valence-electron chi connectivity index (χ3n) is 6.23. The van der Waals surface area contributed by atoms with E-state index in [-0.39, 0.29) is 17.9 Å². The standard InChI is InChI=1S/C33H46N2O8S/c1-5-6-24-44(39,40)35-29(31(37)42-30-16-10-9-14-27(30)15-13-22-36)25-26-17-19-28(20-18-26)41-23-12-8-7-11-21-34-32(38)43-33(2,3)4/h9-10,13-20,22,29,35H,5-8,11-12,21,23-25H2,1-4H3,(H,34,38)/b15-13-/t29-/m0/s1. The molecule has 0 heterocycles. The van der Waals surface area contributed by atoms with Crippen molar-refractivity contribution in [2.45, 2.75) is 84.3 Å². The van der Waals surface area contributed by atoms with Gasteiger partial charge in [-0.25, -0.2) is 22.7 Å². The summed E-state index contributed by atoms with van der Waals surface area (Å²) < 4.78 is 44.6. The Morgan fingerprint density at radius 3 is 2.34 bits per heavy atom. The van der Waals surface area contributed by atoms with Gasteiger partial charge in [-0.1, -0.05) is 56.5 Å². The van der Waals surface area contributed by atoms with Crippen LogP contribution in [0.25, 0.3) is 6.08 Å². The quantitative estimate of drug-likeness (QED) is 0.0673. The van der Waals surface area contributed by atoms with Crippen LogP contribution in [0, 0.1) is 0 Å². The molecule has 10 nitrogen and oxygen atoms in total. The molecular weight excluding hydrogens is 584 g/mol. The van der Waals surface area contributed by atoms with Crippen molar-refractivity contribution in [1.29, 1.82) is 0 Å². The molecule has 44 heavy (non-hydrogen) atoms. The number of unbranched alkanes of at least 4 members (excludes halogenated alkanes) is 4. The van der Waals surface area contributed by atoms with Gasteiger partial charge in [0.25, 0.3) is 0 Å². The largest absolute Gasteiger partial charge is 0.494 e. The van der Waals surface area contributed by atoms with Gasteiger partial charge in [0.1, 0.15) is 29.4 Å². The van der Waals surface area contributed by atoms with Gasteiger partial charge in [-0.05, 0) is 82.4 Å². The summed E-state index contributed by atoms with van der Waals surface area (Å²) in [6.07, 6.45) is 7.84. The Morgan fingerprint density at radius 1 is 0.955 bits per heavy atom. The van der Waals surface area contributed by atoms with Gasteiger partial charge in [-0.3, -0.25) is 4.79 Å². The number of benzene rings is 2. The third-order valence-corrected chi connectivity index (χ3v) is 7.70. The molecule has 2 rings (SSSR count). The van der Waals surface area contributed by atoms with E-state index in [2.05, 4.69) is 10.0 Å². The molecule has 242 valence electrons. The second-order valence-corrected chi connectivity index (χ2v) is 13.2. The van der Waals surface area contributed by atoms with Crippen molar-refractivity contribution < 1.29 is 37.0 Å². The Hall–Kier alpha value is -3.70. The van der Waals surface area contributed by atoms with E-state index in [1.807, 2.05) is 27.7 Å². The minimum atomic E-state index is -3.73. The lowest BCUT2D eigenvalue weighted by Crippen LogP contribution is -2.45. The monoisotopic (exact) mass is 630 g/mol. The number of carbonyl (C=O) groups excluding carboxylic acids is 3. The molecule has 0 aliphatic rings. The summed E-state index contributed by atoms with van der Waals surface area (Å²) in [6.45, 7) is 8.46. The van der Waals surface area contributed by atoms with Gasteiger partial charge >= 0.3 is 12.1 Å². The Morgan fingerprint density at radius 2 is 1.66 bits per heavy atom. The molecule has 1 atom stereocenters. The topological polar surface area (TPSA) is 137 Å². The molecular formula is C33H46N2O8S. The summed E-state index contributed by atoms with van der Waals surface area (Å²) in [4.78, 5) is 35.7. The van der Waals surface area contributed by atoms with Crippen molar-refractivity contribution >= 4 is 34.4 Å². The SMILES string of the molecule is CCCCS(=O)(=O)N[C@@H](Cc1ccc(OCCCCCCNC(=O)OC(C)(C)C)cc1)C(=O)Oc1ccccc1/C=C\C=O. The summed E-state index contributed by atoms with van der Waals surface area (Å²) in [5, 5.41) is 2.75. The molecule has 0 saturated heterocycles. The van der Waals surface area contributed by atoms with Crippen LogP contribution in [0.2, 0.25) is 0 Å². The molecule has 0 bridgehead atoms.